The van der Waals surface area contributed by atoms with Crippen LogP contribution in [0.15, 0.2) is 36.8 Å². The average Bonchev–Trinajstić information content (AvgIpc) is 3.10. The van der Waals surface area contributed by atoms with Gasteiger partial charge in [-0.2, -0.15) is 0 Å². The molecule has 1 aliphatic rings. The highest BCUT2D eigenvalue weighted by molar-refractivity contribution is 7.89. The molecule has 9 heteroatoms. The van der Waals surface area contributed by atoms with Crippen molar-refractivity contribution in [2.45, 2.75) is 19.3 Å². The van der Waals surface area contributed by atoms with Crippen LogP contribution in [0.25, 0.3) is 11.0 Å². The summed E-state index contributed by atoms with van der Waals surface area (Å²) in [6.45, 7) is 3.42. The number of methoxy groups -OCH3 is 1. The Bertz CT molecular complexity index is 1190. The molecule has 3 heterocycles. The van der Waals surface area contributed by atoms with Crippen LogP contribution in [0.2, 0.25) is 0 Å². The lowest BCUT2D eigenvalue weighted by Gasteiger charge is -2.38. The number of imidazole rings is 1. The normalized spacial score (nSPS) is 15.4. The van der Waals surface area contributed by atoms with Crippen LogP contribution in [0.3, 0.4) is 0 Å². The summed E-state index contributed by atoms with van der Waals surface area (Å²) in [5.74, 6) is 1.12. The van der Waals surface area contributed by atoms with E-state index >= 15 is 0 Å². The summed E-state index contributed by atoms with van der Waals surface area (Å²) in [6, 6.07) is 8.48. The van der Waals surface area contributed by atoms with Crippen LogP contribution in [0.5, 0.6) is 0 Å². The zero-order valence-corrected chi connectivity index (χ0v) is 19.3. The molecule has 4 rings (SSSR count). The number of anilines is 2. The van der Waals surface area contributed by atoms with E-state index < -0.39 is 10.0 Å². The molecule has 2 aromatic heterocycles. The molecular weight excluding hydrogens is 414 g/mol. The zero-order chi connectivity index (χ0) is 22.2. The van der Waals surface area contributed by atoms with Gasteiger partial charge in [-0.15, -0.1) is 0 Å². The van der Waals surface area contributed by atoms with Crippen molar-refractivity contribution in [3.63, 3.8) is 0 Å². The third-order valence-corrected chi connectivity index (χ3v) is 7.81. The summed E-state index contributed by atoms with van der Waals surface area (Å²) in [4.78, 5) is 11.0. The van der Waals surface area contributed by atoms with Gasteiger partial charge in [0.25, 0.3) is 0 Å². The monoisotopic (exact) mass is 443 g/mol. The molecule has 0 saturated carbocycles. The van der Waals surface area contributed by atoms with Gasteiger partial charge in [0.05, 0.1) is 30.4 Å². The Morgan fingerprint density at radius 2 is 2.00 bits per heavy atom. The highest BCUT2D eigenvalue weighted by atomic mass is 32.2. The quantitative estimate of drug-likeness (QED) is 0.533. The van der Waals surface area contributed by atoms with E-state index in [0.29, 0.717) is 13.1 Å². The van der Waals surface area contributed by atoms with E-state index in [1.165, 1.54) is 18.2 Å². The number of hydrogen-bond acceptors (Lipinski definition) is 6. The van der Waals surface area contributed by atoms with Gasteiger partial charge in [-0.1, -0.05) is 19.1 Å². The number of fused-ring (bicyclic) bond motifs is 1. The van der Waals surface area contributed by atoms with Gasteiger partial charge in [0, 0.05) is 52.0 Å². The summed E-state index contributed by atoms with van der Waals surface area (Å²) in [5.41, 5.74) is 5.41. The van der Waals surface area contributed by atoms with Gasteiger partial charge >= 0.3 is 0 Å². The average molecular weight is 444 g/mol. The number of nitrogens with zero attached hydrogens (tertiary/aromatic N) is 5. The molecule has 31 heavy (non-hydrogen) atoms. The van der Waals surface area contributed by atoms with Gasteiger partial charge in [0.1, 0.15) is 11.3 Å². The van der Waals surface area contributed by atoms with Crippen LogP contribution in [0.1, 0.15) is 24.0 Å². The first kappa shape index (κ1) is 21.7. The molecule has 1 aromatic carbocycles. The highest BCUT2D eigenvalue weighted by Gasteiger charge is 2.36. The van der Waals surface area contributed by atoms with E-state index in [9.17, 15) is 8.42 Å². The second-order valence-electron chi connectivity index (χ2n) is 8.01. The van der Waals surface area contributed by atoms with Crippen LogP contribution in [-0.2, 0) is 28.2 Å². The second kappa shape index (κ2) is 8.57. The molecule has 0 atom stereocenters. The Kier molecular flexibility index (Phi) is 6.00. The molecule has 0 aliphatic carbocycles. The van der Waals surface area contributed by atoms with E-state index in [1.807, 2.05) is 24.7 Å². The Balaban J connectivity index is 1.52. The van der Waals surface area contributed by atoms with Gasteiger partial charge in [-0.05, 0) is 23.6 Å². The van der Waals surface area contributed by atoms with Gasteiger partial charge in [0.15, 0.2) is 0 Å². The summed E-state index contributed by atoms with van der Waals surface area (Å²) in [7, 11) is 2.28. The first-order valence-corrected chi connectivity index (χ1v) is 12.1. The van der Waals surface area contributed by atoms with E-state index in [-0.39, 0.29) is 18.3 Å². The topological polar surface area (TPSA) is 80.6 Å². The van der Waals surface area contributed by atoms with Crippen molar-refractivity contribution in [1.29, 1.82) is 0 Å². The van der Waals surface area contributed by atoms with Gasteiger partial charge < -0.3 is 14.2 Å². The Labute approximate surface area is 183 Å². The standard InChI is InChI=1S/C22H29N5O3S/c1-5-16-10-17(18-13-27(14-18)31(28,29)9-8-30-4)6-7-20(16)26(3)22-11-21-19(12-23-22)24-15-25(21)2/h6-7,10-12,15,18H,5,8-9,13-14H2,1-4H3. The SMILES string of the molecule is CCc1cc(C2CN(S(=O)(=O)CCOC)C2)ccc1N(C)c1cc2c(cn1)ncn2C. The predicted molar refractivity (Wildman–Crippen MR) is 122 cm³/mol. The highest BCUT2D eigenvalue weighted by Crippen LogP contribution is 2.34. The molecule has 1 aliphatic heterocycles. The number of pyridine rings is 1. The number of hydrogen-bond donors (Lipinski definition) is 0. The molecule has 8 nitrogen and oxygen atoms in total. The fourth-order valence-electron chi connectivity index (χ4n) is 3.99. The Morgan fingerprint density at radius 3 is 2.71 bits per heavy atom. The molecule has 3 aromatic rings. The fraction of sp³-hybridized carbons (Fsp3) is 0.455. The first-order chi connectivity index (χ1) is 14.8. The van der Waals surface area contributed by atoms with Crippen molar-refractivity contribution in [3.8, 4) is 0 Å². The third-order valence-electron chi connectivity index (χ3n) is 6.05. The van der Waals surface area contributed by atoms with Crippen LogP contribution in [0, 0.1) is 0 Å². The van der Waals surface area contributed by atoms with Crippen molar-refractivity contribution in [2.24, 2.45) is 7.05 Å². The Morgan fingerprint density at radius 1 is 1.23 bits per heavy atom. The van der Waals surface area contributed by atoms with Gasteiger partial charge in [-0.3, -0.25) is 0 Å². The summed E-state index contributed by atoms with van der Waals surface area (Å²) >= 11 is 0. The minimum absolute atomic E-state index is 0.0359. The molecule has 0 unspecified atom stereocenters. The lowest BCUT2D eigenvalue weighted by atomic mass is 9.91. The van der Waals surface area contributed by atoms with Gasteiger partial charge in [0.2, 0.25) is 10.0 Å². The van der Waals surface area contributed by atoms with Crippen molar-refractivity contribution in [2.75, 3.05) is 44.5 Å². The molecule has 0 radical (unpaired) electrons. The minimum Gasteiger partial charge on any atom is -0.384 e. The molecule has 0 bridgehead atoms. The van der Waals surface area contributed by atoms with Crippen molar-refractivity contribution >= 4 is 32.6 Å². The molecule has 1 saturated heterocycles. The lowest BCUT2D eigenvalue weighted by molar-refractivity contribution is 0.211. The maximum atomic E-state index is 12.3. The largest absolute Gasteiger partial charge is 0.384 e. The number of aryl methyl sites for hydroxylation is 2. The minimum atomic E-state index is -3.23. The van der Waals surface area contributed by atoms with E-state index in [2.05, 4.69) is 40.0 Å². The predicted octanol–water partition coefficient (Wildman–Crippen LogP) is 2.67. The zero-order valence-electron chi connectivity index (χ0n) is 18.4. The summed E-state index contributed by atoms with van der Waals surface area (Å²) in [5, 5.41) is 0. The summed E-state index contributed by atoms with van der Waals surface area (Å²) in [6.07, 6.45) is 4.47. The molecular formula is C22H29N5O3S. The third kappa shape index (κ3) is 4.17. The van der Waals surface area contributed by atoms with Crippen molar-refractivity contribution < 1.29 is 13.2 Å². The maximum Gasteiger partial charge on any atom is 0.216 e. The fourth-order valence-corrected chi connectivity index (χ4v) is 5.44. The molecule has 166 valence electrons. The number of sulfonamides is 1. The van der Waals surface area contributed by atoms with Crippen LogP contribution >= 0.6 is 0 Å². The maximum absolute atomic E-state index is 12.3. The van der Waals surface area contributed by atoms with Crippen molar-refractivity contribution in [1.82, 2.24) is 18.8 Å². The van der Waals surface area contributed by atoms with Crippen LogP contribution < -0.4 is 4.90 Å². The molecule has 0 amide bonds. The van der Waals surface area contributed by atoms with E-state index in [4.69, 9.17) is 4.74 Å². The van der Waals surface area contributed by atoms with Crippen LogP contribution in [-0.4, -0.2) is 66.9 Å². The van der Waals surface area contributed by atoms with Crippen LogP contribution in [0.4, 0.5) is 11.5 Å². The number of rotatable bonds is 8. The van der Waals surface area contributed by atoms with E-state index in [1.54, 1.807) is 16.8 Å². The summed E-state index contributed by atoms with van der Waals surface area (Å²) < 4.78 is 33.0. The number of benzene rings is 1. The number of aromatic nitrogens is 3. The molecule has 1 fully saturated rings. The Hall–Kier alpha value is -2.49. The molecule has 0 N–H and O–H groups in total. The lowest BCUT2D eigenvalue weighted by Crippen LogP contribution is -2.49. The molecule has 0 spiro atoms. The number of ether oxygens (including phenoxy) is 1. The smallest absolute Gasteiger partial charge is 0.216 e. The van der Waals surface area contributed by atoms with Gasteiger partial charge in [-0.25, -0.2) is 22.7 Å². The van der Waals surface area contributed by atoms with Crippen molar-refractivity contribution in [3.05, 3.63) is 47.9 Å². The van der Waals surface area contributed by atoms with E-state index in [0.717, 1.165) is 29.0 Å². The first-order valence-electron chi connectivity index (χ1n) is 10.4. The second-order valence-corrected chi connectivity index (χ2v) is 10.1.